The Morgan fingerprint density at radius 1 is 1.13 bits per heavy atom. The van der Waals surface area contributed by atoms with Crippen LogP contribution in [0.3, 0.4) is 0 Å². The first kappa shape index (κ1) is 25.7. The fourth-order valence-corrected chi connectivity index (χ4v) is 5.82. The van der Waals surface area contributed by atoms with Crippen LogP contribution in [-0.2, 0) is 0 Å². The van der Waals surface area contributed by atoms with Crippen molar-refractivity contribution in [3.8, 4) is 23.2 Å². The van der Waals surface area contributed by atoms with Gasteiger partial charge in [0.15, 0.2) is 0 Å². The summed E-state index contributed by atoms with van der Waals surface area (Å²) in [6, 6.07) is 11.4. The fourth-order valence-electron chi connectivity index (χ4n) is 5.82. The van der Waals surface area contributed by atoms with Crippen LogP contribution in [0.25, 0.3) is 11.3 Å². The number of hydrogen-bond acceptors (Lipinski definition) is 7. The second-order valence-electron chi connectivity index (χ2n) is 10.6. The normalized spacial score (nSPS) is 20.9. The molecule has 1 aliphatic carbocycles. The van der Waals surface area contributed by atoms with Crippen molar-refractivity contribution < 1.29 is 14.6 Å². The van der Waals surface area contributed by atoms with E-state index in [-0.39, 0.29) is 30.1 Å². The Labute approximate surface area is 223 Å². The van der Waals surface area contributed by atoms with Crippen molar-refractivity contribution in [2.75, 3.05) is 26.1 Å². The zero-order valence-electron chi connectivity index (χ0n) is 22.5. The zero-order chi connectivity index (χ0) is 27.1. The minimum absolute atomic E-state index is 0.0128. The number of benzene rings is 1. The van der Waals surface area contributed by atoms with Gasteiger partial charge in [0.25, 0.3) is 5.91 Å². The van der Waals surface area contributed by atoms with E-state index in [0.29, 0.717) is 35.8 Å². The van der Waals surface area contributed by atoms with Crippen molar-refractivity contribution in [1.29, 1.82) is 5.26 Å². The van der Waals surface area contributed by atoms with Crippen molar-refractivity contribution in [1.82, 2.24) is 19.4 Å². The second-order valence-corrected chi connectivity index (χ2v) is 10.6. The molecular formula is C29H34N6O3. The molecule has 1 fully saturated rings. The molecule has 9 nitrogen and oxygen atoms in total. The van der Waals surface area contributed by atoms with Gasteiger partial charge >= 0.3 is 0 Å². The van der Waals surface area contributed by atoms with E-state index >= 15 is 0 Å². The first-order chi connectivity index (χ1) is 18.2. The summed E-state index contributed by atoms with van der Waals surface area (Å²) in [5.74, 6) is 0.974. The molecule has 9 heteroatoms. The van der Waals surface area contributed by atoms with Gasteiger partial charge in [0.2, 0.25) is 11.8 Å². The Kier molecular flexibility index (Phi) is 6.84. The van der Waals surface area contributed by atoms with Crippen LogP contribution < -0.4 is 9.64 Å². The third-order valence-electron chi connectivity index (χ3n) is 7.62. The number of carbonyl (C=O) groups excluding carboxylic acids is 1. The number of amides is 1. The Morgan fingerprint density at radius 2 is 1.82 bits per heavy atom. The number of aliphatic hydroxyl groups excluding tert-OH is 1. The lowest BCUT2D eigenvalue weighted by molar-refractivity contribution is 0.0458. The van der Waals surface area contributed by atoms with E-state index in [1.807, 2.05) is 42.1 Å². The van der Waals surface area contributed by atoms with Gasteiger partial charge in [-0.15, -0.1) is 0 Å². The first-order valence-corrected chi connectivity index (χ1v) is 13.1. The SMILES string of the molecule is COc1nc(N(C)C)ncc1-c1cc2c(n1C(C)C)C(c1ccc(C#N)cc1)N(C1CCC(O)CC1)C2=O. The summed E-state index contributed by atoms with van der Waals surface area (Å²) in [5, 5.41) is 19.5. The molecule has 3 heterocycles. The zero-order valence-corrected chi connectivity index (χ0v) is 22.5. The standard InChI is InChI=1S/C29H34N6O3/c1-17(2)34-24(23-16-31-29(33(3)4)32-27(23)38-5)14-22-26(34)25(19-8-6-18(15-30)7-9-19)35(28(22)37)20-10-12-21(36)13-11-20/h6-9,14,16-17,20-21,25,36H,10-13H2,1-5H3. The number of nitriles is 1. The topological polar surface area (TPSA) is 108 Å². The van der Waals surface area contributed by atoms with Gasteiger partial charge in [-0.2, -0.15) is 10.2 Å². The van der Waals surface area contributed by atoms with E-state index in [1.165, 1.54) is 0 Å². The molecule has 2 aliphatic rings. The summed E-state index contributed by atoms with van der Waals surface area (Å²) in [5.41, 5.74) is 4.67. The Morgan fingerprint density at radius 3 is 2.39 bits per heavy atom. The number of anilines is 1. The van der Waals surface area contributed by atoms with Crippen LogP contribution in [0.2, 0.25) is 0 Å². The number of nitrogens with zero attached hydrogens (tertiary/aromatic N) is 6. The Balaban J connectivity index is 1.69. The third-order valence-corrected chi connectivity index (χ3v) is 7.62. The molecule has 1 aromatic carbocycles. The van der Waals surface area contributed by atoms with Crippen LogP contribution >= 0.6 is 0 Å². The number of hydrogen-bond donors (Lipinski definition) is 1. The van der Waals surface area contributed by atoms with Crippen LogP contribution in [0.15, 0.2) is 36.5 Å². The maximum atomic E-state index is 14.1. The summed E-state index contributed by atoms with van der Waals surface area (Å²) in [7, 11) is 5.34. The predicted molar refractivity (Wildman–Crippen MR) is 144 cm³/mol. The molecule has 1 aliphatic heterocycles. The molecule has 38 heavy (non-hydrogen) atoms. The van der Waals surface area contributed by atoms with Crippen molar-refractivity contribution in [3.05, 3.63) is 58.9 Å². The van der Waals surface area contributed by atoms with Crippen LogP contribution in [0.5, 0.6) is 5.88 Å². The molecule has 0 saturated heterocycles. The lowest BCUT2D eigenvalue weighted by atomic mass is 9.90. The van der Waals surface area contributed by atoms with Gasteiger partial charge in [0.05, 0.1) is 53.4 Å². The van der Waals surface area contributed by atoms with Crippen molar-refractivity contribution in [2.45, 2.75) is 63.8 Å². The first-order valence-electron chi connectivity index (χ1n) is 13.1. The Bertz CT molecular complexity index is 1380. The summed E-state index contributed by atoms with van der Waals surface area (Å²) < 4.78 is 7.87. The molecule has 1 amide bonds. The van der Waals surface area contributed by atoms with Gasteiger partial charge in [-0.1, -0.05) is 12.1 Å². The maximum absolute atomic E-state index is 14.1. The van der Waals surface area contributed by atoms with Crippen molar-refractivity contribution in [2.24, 2.45) is 0 Å². The summed E-state index contributed by atoms with van der Waals surface area (Å²) in [6.07, 6.45) is 4.32. The molecule has 5 rings (SSSR count). The number of aromatic nitrogens is 3. The van der Waals surface area contributed by atoms with E-state index in [1.54, 1.807) is 25.4 Å². The number of rotatable bonds is 6. The second kappa shape index (κ2) is 10.1. The Hall–Kier alpha value is -3.90. The average Bonchev–Trinajstić information content (AvgIpc) is 3.44. The number of carbonyl (C=O) groups is 1. The van der Waals surface area contributed by atoms with Gasteiger partial charge in [0.1, 0.15) is 0 Å². The summed E-state index contributed by atoms with van der Waals surface area (Å²) in [6.45, 7) is 4.20. The maximum Gasteiger partial charge on any atom is 0.256 e. The van der Waals surface area contributed by atoms with Gasteiger partial charge in [0, 0.05) is 32.4 Å². The van der Waals surface area contributed by atoms with Gasteiger partial charge in [-0.3, -0.25) is 4.79 Å². The van der Waals surface area contributed by atoms with E-state index in [4.69, 9.17) is 4.74 Å². The monoisotopic (exact) mass is 514 g/mol. The lowest BCUT2D eigenvalue weighted by Crippen LogP contribution is -2.42. The number of ether oxygens (including phenoxy) is 1. The lowest BCUT2D eigenvalue weighted by Gasteiger charge is -2.38. The number of methoxy groups -OCH3 is 1. The smallest absolute Gasteiger partial charge is 0.256 e. The van der Waals surface area contributed by atoms with Crippen LogP contribution in [0.1, 0.15) is 78.8 Å². The van der Waals surface area contributed by atoms with E-state index < -0.39 is 0 Å². The number of fused-ring (bicyclic) bond motifs is 1. The highest BCUT2D eigenvalue weighted by Crippen LogP contribution is 2.47. The predicted octanol–water partition coefficient (Wildman–Crippen LogP) is 4.32. The van der Waals surface area contributed by atoms with Crippen LogP contribution in [-0.4, -0.2) is 63.8 Å². The highest BCUT2D eigenvalue weighted by atomic mass is 16.5. The minimum Gasteiger partial charge on any atom is -0.480 e. The van der Waals surface area contributed by atoms with Crippen molar-refractivity contribution in [3.63, 3.8) is 0 Å². The van der Waals surface area contributed by atoms with E-state index in [0.717, 1.165) is 35.4 Å². The summed E-state index contributed by atoms with van der Waals surface area (Å²) in [4.78, 5) is 27.1. The van der Waals surface area contributed by atoms with Crippen LogP contribution in [0.4, 0.5) is 5.95 Å². The largest absolute Gasteiger partial charge is 0.480 e. The molecule has 1 saturated carbocycles. The van der Waals surface area contributed by atoms with Crippen molar-refractivity contribution >= 4 is 11.9 Å². The molecule has 2 aromatic heterocycles. The van der Waals surface area contributed by atoms with Crippen LogP contribution in [0, 0.1) is 11.3 Å². The average molecular weight is 515 g/mol. The highest BCUT2D eigenvalue weighted by Gasteiger charge is 2.46. The molecule has 198 valence electrons. The summed E-state index contributed by atoms with van der Waals surface area (Å²) >= 11 is 0. The van der Waals surface area contributed by atoms with E-state index in [9.17, 15) is 15.2 Å². The minimum atomic E-state index is -0.312. The molecule has 1 unspecified atom stereocenters. The molecule has 0 bridgehead atoms. The molecule has 3 aromatic rings. The van der Waals surface area contributed by atoms with Gasteiger partial charge in [-0.05, 0) is 63.3 Å². The fraction of sp³-hybridized carbons (Fsp3) is 0.448. The van der Waals surface area contributed by atoms with Gasteiger partial charge in [-0.25, -0.2) is 4.98 Å². The van der Waals surface area contributed by atoms with Gasteiger partial charge < -0.3 is 24.2 Å². The van der Waals surface area contributed by atoms with E-state index in [2.05, 4.69) is 34.5 Å². The highest BCUT2D eigenvalue weighted by molar-refractivity contribution is 6.01. The molecular weight excluding hydrogens is 480 g/mol. The molecule has 0 spiro atoms. The number of aliphatic hydroxyl groups is 1. The molecule has 1 N–H and O–H groups in total. The molecule has 1 atom stereocenters. The third kappa shape index (κ3) is 4.29. The molecule has 0 radical (unpaired) electrons. The quantitative estimate of drug-likeness (QED) is 0.522.